The molecule has 0 aliphatic carbocycles. The molecular formula is C13H18O7S. The third-order valence-electron chi connectivity index (χ3n) is 2.36. The van der Waals surface area contributed by atoms with Crippen LogP contribution in [0.2, 0.25) is 0 Å². The van der Waals surface area contributed by atoms with Crippen molar-refractivity contribution in [1.82, 2.24) is 0 Å². The lowest BCUT2D eigenvalue weighted by Crippen LogP contribution is -2.29. The van der Waals surface area contributed by atoms with Crippen LogP contribution in [-0.2, 0) is 25.1 Å². The second-order valence-electron chi connectivity index (χ2n) is 5.62. The lowest BCUT2D eigenvalue weighted by Gasteiger charge is -2.19. The number of carboxylic acids is 1. The Bertz CT molecular complexity index is 647. The van der Waals surface area contributed by atoms with Gasteiger partial charge in [-0.05, 0) is 33.8 Å². The van der Waals surface area contributed by atoms with Crippen LogP contribution in [0.5, 0.6) is 0 Å². The highest BCUT2D eigenvalue weighted by Crippen LogP contribution is 2.18. The van der Waals surface area contributed by atoms with E-state index in [0.717, 1.165) is 6.07 Å². The maximum absolute atomic E-state index is 11.9. The molecule has 1 aromatic heterocycles. The minimum Gasteiger partial charge on any atom is -0.475 e. The van der Waals surface area contributed by atoms with Gasteiger partial charge in [-0.2, -0.15) is 0 Å². The summed E-state index contributed by atoms with van der Waals surface area (Å²) in [5.41, 5.74) is -0.551. The quantitative estimate of drug-likeness (QED) is 0.820. The first-order chi connectivity index (χ1) is 9.39. The number of aromatic carboxylic acids is 1. The van der Waals surface area contributed by atoms with E-state index >= 15 is 0 Å². The number of carbonyl (C=O) groups is 2. The molecule has 0 unspecified atom stereocenters. The van der Waals surface area contributed by atoms with Gasteiger partial charge in [0.25, 0.3) is 0 Å². The van der Waals surface area contributed by atoms with Crippen molar-refractivity contribution < 1.29 is 32.3 Å². The van der Waals surface area contributed by atoms with E-state index in [1.54, 1.807) is 20.8 Å². The van der Waals surface area contributed by atoms with Gasteiger partial charge in [0.1, 0.15) is 17.1 Å². The Labute approximate surface area is 122 Å². The fraction of sp³-hybridized carbons (Fsp3) is 0.538. The fourth-order valence-electron chi connectivity index (χ4n) is 1.61. The topological polar surface area (TPSA) is 111 Å². The maximum atomic E-state index is 11.9. The first-order valence-electron chi connectivity index (χ1n) is 6.14. The Morgan fingerprint density at radius 1 is 1.33 bits per heavy atom. The van der Waals surface area contributed by atoms with Crippen LogP contribution in [0.4, 0.5) is 0 Å². The van der Waals surface area contributed by atoms with Gasteiger partial charge >= 0.3 is 11.9 Å². The van der Waals surface area contributed by atoms with E-state index in [1.165, 1.54) is 6.92 Å². The van der Waals surface area contributed by atoms with Crippen LogP contribution < -0.4 is 0 Å². The van der Waals surface area contributed by atoms with E-state index in [2.05, 4.69) is 0 Å². The lowest BCUT2D eigenvalue weighted by molar-refractivity contribution is -0.151. The number of hydrogen-bond donors (Lipinski definition) is 1. The smallest absolute Gasteiger partial charge is 0.371 e. The van der Waals surface area contributed by atoms with Crippen LogP contribution in [0, 0.1) is 6.92 Å². The van der Waals surface area contributed by atoms with Gasteiger partial charge in [0.2, 0.25) is 5.76 Å². The summed E-state index contributed by atoms with van der Waals surface area (Å²) in [4.78, 5) is 22.3. The average molecular weight is 318 g/mol. The number of rotatable bonds is 5. The standard InChI is InChI=1S/C13H18O7S/c1-8-9(5-10(19-8)12(15)16)6-21(17,18)7-11(14)20-13(2,3)4/h5H,6-7H2,1-4H3,(H,15,16). The molecule has 21 heavy (non-hydrogen) atoms. The molecule has 1 rings (SSSR count). The Hall–Kier alpha value is -1.83. The van der Waals surface area contributed by atoms with Crippen molar-refractivity contribution in [3.05, 3.63) is 23.2 Å². The monoisotopic (exact) mass is 318 g/mol. The molecule has 118 valence electrons. The zero-order chi connectivity index (χ0) is 16.4. The molecule has 8 heteroatoms. The molecule has 0 spiro atoms. The summed E-state index contributed by atoms with van der Waals surface area (Å²) in [7, 11) is -3.77. The number of aryl methyl sites for hydroxylation is 1. The van der Waals surface area contributed by atoms with Gasteiger partial charge < -0.3 is 14.3 Å². The van der Waals surface area contributed by atoms with Crippen LogP contribution in [-0.4, -0.2) is 36.8 Å². The van der Waals surface area contributed by atoms with Gasteiger partial charge in [-0.3, -0.25) is 4.79 Å². The Morgan fingerprint density at radius 3 is 2.33 bits per heavy atom. The van der Waals surface area contributed by atoms with Crippen molar-refractivity contribution in [2.75, 3.05) is 5.75 Å². The Morgan fingerprint density at radius 2 is 1.90 bits per heavy atom. The van der Waals surface area contributed by atoms with Crippen molar-refractivity contribution in [2.24, 2.45) is 0 Å². The van der Waals surface area contributed by atoms with Gasteiger partial charge in [0, 0.05) is 5.56 Å². The molecule has 0 fully saturated rings. The van der Waals surface area contributed by atoms with E-state index in [9.17, 15) is 18.0 Å². The summed E-state index contributed by atoms with van der Waals surface area (Å²) < 4.78 is 33.8. The molecule has 1 aromatic rings. The van der Waals surface area contributed by atoms with Gasteiger partial charge in [-0.25, -0.2) is 13.2 Å². The molecule has 0 bridgehead atoms. The van der Waals surface area contributed by atoms with Crippen LogP contribution in [0.3, 0.4) is 0 Å². The van der Waals surface area contributed by atoms with E-state index in [1.807, 2.05) is 0 Å². The van der Waals surface area contributed by atoms with Crippen LogP contribution in [0.25, 0.3) is 0 Å². The number of carboxylic acid groups (broad SMARTS) is 1. The molecule has 7 nitrogen and oxygen atoms in total. The number of hydrogen-bond acceptors (Lipinski definition) is 6. The predicted molar refractivity (Wildman–Crippen MR) is 73.7 cm³/mol. The highest BCUT2D eigenvalue weighted by molar-refractivity contribution is 7.91. The largest absolute Gasteiger partial charge is 0.475 e. The summed E-state index contributed by atoms with van der Waals surface area (Å²) in [5, 5.41) is 8.78. The summed E-state index contributed by atoms with van der Waals surface area (Å²) in [5.74, 6) is -3.52. The molecule has 0 saturated heterocycles. The highest BCUT2D eigenvalue weighted by Gasteiger charge is 2.25. The minimum absolute atomic E-state index is 0.195. The number of furan rings is 1. The summed E-state index contributed by atoms with van der Waals surface area (Å²) in [6.07, 6.45) is 0. The molecular weight excluding hydrogens is 300 g/mol. The average Bonchev–Trinajstić information content (AvgIpc) is 2.55. The zero-order valence-electron chi connectivity index (χ0n) is 12.3. The molecule has 1 N–H and O–H groups in total. The lowest BCUT2D eigenvalue weighted by atomic mass is 10.2. The van der Waals surface area contributed by atoms with E-state index < -0.39 is 38.9 Å². The van der Waals surface area contributed by atoms with Crippen molar-refractivity contribution in [3.8, 4) is 0 Å². The number of esters is 1. The van der Waals surface area contributed by atoms with Crippen molar-refractivity contribution in [3.63, 3.8) is 0 Å². The van der Waals surface area contributed by atoms with Gasteiger partial charge in [-0.1, -0.05) is 0 Å². The predicted octanol–water partition coefficient (Wildman–Crippen LogP) is 1.54. The molecule has 0 aliphatic heterocycles. The van der Waals surface area contributed by atoms with E-state index in [4.69, 9.17) is 14.3 Å². The zero-order valence-corrected chi connectivity index (χ0v) is 13.1. The summed E-state index contributed by atoms with van der Waals surface area (Å²) in [6, 6.07) is 1.14. The number of sulfone groups is 1. The minimum atomic E-state index is -3.77. The third-order valence-corrected chi connectivity index (χ3v) is 3.79. The SMILES string of the molecule is Cc1oc(C(=O)O)cc1CS(=O)(=O)CC(=O)OC(C)(C)C. The second-order valence-corrected chi connectivity index (χ2v) is 7.68. The molecule has 0 aliphatic rings. The molecule has 0 aromatic carbocycles. The van der Waals surface area contributed by atoms with Gasteiger partial charge in [-0.15, -0.1) is 0 Å². The highest BCUT2D eigenvalue weighted by atomic mass is 32.2. The van der Waals surface area contributed by atoms with Gasteiger partial charge in [0.15, 0.2) is 9.84 Å². The maximum Gasteiger partial charge on any atom is 0.371 e. The normalized spacial score (nSPS) is 12.2. The van der Waals surface area contributed by atoms with E-state index in [-0.39, 0.29) is 17.1 Å². The first-order valence-corrected chi connectivity index (χ1v) is 7.96. The van der Waals surface area contributed by atoms with E-state index in [0.29, 0.717) is 0 Å². The van der Waals surface area contributed by atoms with Crippen LogP contribution in [0.15, 0.2) is 10.5 Å². The molecule has 0 amide bonds. The van der Waals surface area contributed by atoms with Crippen molar-refractivity contribution in [1.29, 1.82) is 0 Å². The van der Waals surface area contributed by atoms with Gasteiger partial charge in [0.05, 0.1) is 5.75 Å². The fourth-order valence-corrected chi connectivity index (χ4v) is 2.89. The van der Waals surface area contributed by atoms with Crippen LogP contribution >= 0.6 is 0 Å². The third kappa shape index (κ3) is 5.58. The molecule has 0 atom stereocenters. The first kappa shape index (κ1) is 17.2. The number of ether oxygens (including phenoxy) is 1. The Kier molecular flexibility index (Phi) is 4.83. The van der Waals surface area contributed by atoms with Crippen molar-refractivity contribution in [2.45, 2.75) is 39.0 Å². The van der Waals surface area contributed by atoms with Crippen LogP contribution in [0.1, 0.15) is 42.6 Å². The molecule has 0 radical (unpaired) electrons. The Balaban J connectivity index is 2.82. The summed E-state index contributed by atoms with van der Waals surface area (Å²) >= 11 is 0. The second kappa shape index (κ2) is 5.88. The molecule has 0 saturated carbocycles. The number of carbonyl (C=O) groups excluding carboxylic acids is 1. The molecule has 1 heterocycles. The summed E-state index contributed by atoms with van der Waals surface area (Å²) in [6.45, 7) is 6.37. The van der Waals surface area contributed by atoms with Crippen molar-refractivity contribution >= 4 is 21.8 Å².